The second-order valence-corrected chi connectivity index (χ2v) is 5.35. The molecule has 0 radical (unpaired) electrons. The minimum Gasteiger partial charge on any atom is -0.383 e. The Balaban J connectivity index is 2.34. The van der Waals surface area contributed by atoms with Crippen LogP contribution >= 0.6 is 39.1 Å². The summed E-state index contributed by atoms with van der Waals surface area (Å²) >= 11 is 15.3. The maximum Gasteiger partial charge on any atom is 0.141 e. The second-order valence-electron chi connectivity index (χ2n) is 3.68. The standard InChI is InChI=1S/C11H10BrCl2N3/c1-6-10(14)11(15)17(16-6)5-7-2-3-8(13)4-9(7)12/h2-4H,5,15H2,1H3. The number of aryl methyl sites for hydroxylation is 1. The van der Waals surface area contributed by atoms with Crippen LogP contribution in [-0.2, 0) is 6.54 Å². The van der Waals surface area contributed by atoms with Crippen molar-refractivity contribution in [3.63, 3.8) is 0 Å². The summed E-state index contributed by atoms with van der Waals surface area (Å²) in [6.45, 7) is 2.38. The number of hydrogen-bond acceptors (Lipinski definition) is 2. The van der Waals surface area contributed by atoms with Gasteiger partial charge in [0.05, 0.1) is 12.2 Å². The van der Waals surface area contributed by atoms with Crippen LogP contribution < -0.4 is 5.73 Å². The molecule has 0 saturated heterocycles. The maximum atomic E-state index is 5.99. The van der Waals surface area contributed by atoms with Crippen LogP contribution in [0.25, 0.3) is 0 Å². The molecule has 3 nitrogen and oxygen atoms in total. The lowest BCUT2D eigenvalue weighted by Crippen LogP contribution is -2.06. The van der Waals surface area contributed by atoms with Crippen molar-refractivity contribution in [3.8, 4) is 0 Å². The van der Waals surface area contributed by atoms with Crippen molar-refractivity contribution in [2.45, 2.75) is 13.5 Å². The number of benzene rings is 1. The number of hydrogen-bond donors (Lipinski definition) is 1. The van der Waals surface area contributed by atoms with Gasteiger partial charge in [-0.25, -0.2) is 4.68 Å². The third kappa shape index (κ3) is 2.59. The van der Waals surface area contributed by atoms with Gasteiger partial charge in [-0.2, -0.15) is 5.10 Å². The van der Waals surface area contributed by atoms with Crippen LogP contribution in [0.4, 0.5) is 5.82 Å². The van der Waals surface area contributed by atoms with Gasteiger partial charge < -0.3 is 5.73 Å². The van der Waals surface area contributed by atoms with Crippen LogP contribution in [0.2, 0.25) is 10.0 Å². The molecule has 0 atom stereocenters. The number of nitrogens with zero attached hydrogens (tertiary/aromatic N) is 2. The molecule has 1 aromatic heterocycles. The maximum absolute atomic E-state index is 5.99. The monoisotopic (exact) mass is 333 g/mol. The van der Waals surface area contributed by atoms with Crippen LogP contribution in [0, 0.1) is 6.92 Å². The minimum atomic E-state index is 0.478. The highest BCUT2D eigenvalue weighted by Gasteiger charge is 2.11. The molecule has 2 N–H and O–H groups in total. The minimum absolute atomic E-state index is 0.478. The smallest absolute Gasteiger partial charge is 0.141 e. The lowest BCUT2D eigenvalue weighted by molar-refractivity contribution is 0.687. The van der Waals surface area contributed by atoms with Crippen molar-refractivity contribution in [3.05, 3.63) is 44.0 Å². The van der Waals surface area contributed by atoms with Gasteiger partial charge in [0.1, 0.15) is 10.8 Å². The van der Waals surface area contributed by atoms with E-state index in [-0.39, 0.29) is 0 Å². The van der Waals surface area contributed by atoms with Crippen LogP contribution in [0.3, 0.4) is 0 Å². The zero-order valence-corrected chi connectivity index (χ0v) is 12.1. The van der Waals surface area contributed by atoms with E-state index in [2.05, 4.69) is 21.0 Å². The van der Waals surface area contributed by atoms with Crippen molar-refractivity contribution < 1.29 is 0 Å². The van der Waals surface area contributed by atoms with E-state index in [0.29, 0.717) is 22.4 Å². The summed E-state index contributed by atoms with van der Waals surface area (Å²) in [6.07, 6.45) is 0. The van der Waals surface area contributed by atoms with Crippen LogP contribution in [0.1, 0.15) is 11.3 Å². The van der Waals surface area contributed by atoms with Crippen LogP contribution in [0.15, 0.2) is 22.7 Å². The van der Waals surface area contributed by atoms with Crippen LogP contribution in [-0.4, -0.2) is 9.78 Å². The van der Waals surface area contributed by atoms with Crippen molar-refractivity contribution in [2.24, 2.45) is 0 Å². The summed E-state index contributed by atoms with van der Waals surface area (Å²) < 4.78 is 2.60. The highest BCUT2D eigenvalue weighted by molar-refractivity contribution is 9.10. The lowest BCUT2D eigenvalue weighted by atomic mass is 10.2. The van der Waals surface area contributed by atoms with E-state index in [9.17, 15) is 0 Å². The van der Waals surface area contributed by atoms with Crippen molar-refractivity contribution in [2.75, 3.05) is 5.73 Å². The molecule has 0 aliphatic heterocycles. The van der Waals surface area contributed by atoms with E-state index in [0.717, 1.165) is 15.7 Å². The third-order valence-electron chi connectivity index (χ3n) is 2.43. The second kappa shape index (κ2) is 4.88. The molecule has 17 heavy (non-hydrogen) atoms. The molecule has 0 amide bonds. The summed E-state index contributed by atoms with van der Waals surface area (Å²) in [6, 6.07) is 5.59. The normalized spacial score (nSPS) is 10.8. The molecule has 0 saturated carbocycles. The van der Waals surface area contributed by atoms with Gasteiger partial charge in [0.25, 0.3) is 0 Å². The summed E-state index contributed by atoms with van der Waals surface area (Å²) in [5.41, 5.74) is 7.63. The fourth-order valence-corrected chi connectivity index (χ4v) is 2.45. The van der Waals surface area contributed by atoms with Crippen molar-refractivity contribution in [1.82, 2.24) is 9.78 Å². The Morgan fingerprint density at radius 3 is 2.65 bits per heavy atom. The molecule has 1 heterocycles. The van der Waals surface area contributed by atoms with Crippen LogP contribution in [0.5, 0.6) is 0 Å². The third-order valence-corrected chi connectivity index (χ3v) is 3.87. The summed E-state index contributed by atoms with van der Waals surface area (Å²) in [4.78, 5) is 0. The zero-order chi connectivity index (χ0) is 12.6. The number of rotatable bonds is 2. The van der Waals surface area contributed by atoms with E-state index < -0.39 is 0 Å². The van der Waals surface area contributed by atoms with E-state index in [1.807, 2.05) is 25.1 Å². The molecule has 0 aliphatic rings. The Bertz CT molecular complexity index is 566. The highest BCUT2D eigenvalue weighted by atomic mass is 79.9. The van der Waals surface area contributed by atoms with Gasteiger partial charge in [-0.3, -0.25) is 0 Å². The Labute approximate surface area is 118 Å². The molecule has 0 fully saturated rings. The zero-order valence-electron chi connectivity index (χ0n) is 9.04. The molecular formula is C11H10BrCl2N3. The Morgan fingerprint density at radius 2 is 2.12 bits per heavy atom. The molecule has 90 valence electrons. The molecule has 0 unspecified atom stereocenters. The molecule has 1 aromatic carbocycles. The molecule has 0 bridgehead atoms. The summed E-state index contributed by atoms with van der Waals surface area (Å²) in [5.74, 6) is 0.478. The predicted molar refractivity (Wildman–Crippen MR) is 74.6 cm³/mol. The largest absolute Gasteiger partial charge is 0.383 e. The highest BCUT2D eigenvalue weighted by Crippen LogP contribution is 2.26. The molecule has 2 rings (SSSR count). The van der Waals surface area contributed by atoms with E-state index >= 15 is 0 Å². The lowest BCUT2D eigenvalue weighted by Gasteiger charge is -2.07. The van der Waals surface area contributed by atoms with Gasteiger partial charge in [0.2, 0.25) is 0 Å². The van der Waals surface area contributed by atoms with Gasteiger partial charge >= 0.3 is 0 Å². The average Bonchev–Trinajstić information content (AvgIpc) is 2.50. The SMILES string of the molecule is Cc1nn(Cc2ccc(Cl)cc2Br)c(N)c1Cl. The Kier molecular flexibility index (Phi) is 3.66. The topological polar surface area (TPSA) is 43.8 Å². The fourth-order valence-electron chi connectivity index (χ4n) is 1.51. The van der Waals surface area contributed by atoms with E-state index in [1.54, 1.807) is 4.68 Å². The summed E-state index contributed by atoms with van der Waals surface area (Å²) in [7, 11) is 0. The van der Waals surface area contributed by atoms with Crippen molar-refractivity contribution >= 4 is 44.9 Å². The van der Waals surface area contributed by atoms with E-state index in [4.69, 9.17) is 28.9 Å². The van der Waals surface area contributed by atoms with Gasteiger partial charge in [0.15, 0.2) is 0 Å². The molecule has 0 aliphatic carbocycles. The number of anilines is 1. The fraction of sp³-hybridized carbons (Fsp3) is 0.182. The molecule has 2 aromatic rings. The van der Waals surface area contributed by atoms with Gasteiger partial charge in [-0.1, -0.05) is 45.2 Å². The van der Waals surface area contributed by atoms with Crippen molar-refractivity contribution in [1.29, 1.82) is 0 Å². The Morgan fingerprint density at radius 1 is 1.41 bits per heavy atom. The number of nitrogen functional groups attached to an aromatic ring is 1. The number of aromatic nitrogens is 2. The van der Waals surface area contributed by atoms with Gasteiger partial charge in [0, 0.05) is 9.50 Å². The van der Waals surface area contributed by atoms with E-state index in [1.165, 1.54) is 0 Å². The van der Waals surface area contributed by atoms with Gasteiger partial charge in [-0.15, -0.1) is 0 Å². The number of nitrogens with two attached hydrogens (primary N) is 1. The first-order valence-corrected chi connectivity index (χ1v) is 6.46. The first-order valence-electron chi connectivity index (χ1n) is 4.91. The molecule has 6 heteroatoms. The first-order chi connectivity index (χ1) is 7.99. The van der Waals surface area contributed by atoms with Gasteiger partial charge in [-0.05, 0) is 24.6 Å². The summed E-state index contributed by atoms with van der Waals surface area (Å²) in [5, 5.41) is 5.47. The number of halogens is 3. The Hall–Kier alpha value is -0.710. The molecular weight excluding hydrogens is 325 g/mol. The molecule has 0 spiro atoms. The quantitative estimate of drug-likeness (QED) is 0.905. The average molecular weight is 335 g/mol. The first kappa shape index (κ1) is 12.7. The predicted octanol–water partition coefficient (Wildman–Crippen LogP) is 3.89.